The molecule has 1 aromatic rings. The second-order valence-electron chi connectivity index (χ2n) is 1.39. The van der Waals surface area contributed by atoms with Gasteiger partial charge in [-0.15, -0.1) is 0 Å². The number of halogens is 1. The summed E-state index contributed by atoms with van der Waals surface area (Å²) in [6.45, 7) is 0. The summed E-state index contributed by atoms with van der Waals surface area (Å²) >= 11 is 3.46. The number of hydrogen-bond donors (Lipinski definition) is 0. The van der Waals surface area contributed by atoms with Gasteiger partial charge in [-0.2, -0.15) is 0 Å². The molecule has 0 aliphatic rings. The molecule has 0 N–H and O–H groups in total. The average Bonchev–Trinajstić information content (AvgIpc) is 1.90. The van der Waals surface area contributed by atoms with E-state index in [1.165, 1.54) is 3.61 Å². The normalized spacial score (nSPS) is 9.12. The molecule has 0 saturated carbocycles. The van der Waals surface area contributed by atoms with Crippen LogP contribution in [0.5, 0.6) is 0 Å². The Morgan fingerprint density at radius 3 is 2.12 bits per heavy atom. The van der Waals surface area contributed by atoms with Crippen LogP contribution in [0.2, 0.25) is 0 Å². The Balaban J connectivity index is 2.83. The first kappa shape index (κ1) is 6.61. The minimum absolute atomic E-state index is 0.0291. The summed E-state index contributed by atoms with van der Waals surface area (Å²) in [5.74, 6) is 0. The quantitative estimate of drug-likeness (QED) is 0.683. The summed E-state index contributed by atoms with van der Waals surface area (Å²) in [6.07, 6.45) is 0. The SMILES string of the molecule is Br[Te]c1ccccc1. The van der Waals surface area contributed by atoms with E-state index in [0.717, 1.165) is 0 Å². The van der Waals surface area contributed by atoms with Crippen LogP contribution in [0.15, 0.2) is 30.3 Å². The Morgan fingerprint density at radius 2 is 1.75 bits per heavy atom. The molecule has 0 radical (unpaired) electrons. The van der Waals surface area contributed by atoms with Crippen LogP contribution < -0.4 is 3.61 Å². The maximum absolute atomic E-state index is 3.49. The van der Waals surface area contributed by atoms with Crippen LogP contribution in [0.3, 0.4) is 0 Å². The van der Waals surface area contributed by atoms with E-state index in [0.29, 0.717) is 0 Å². The average molecular weight is 285 g/mol. The topological polar surface area (TPSA) is 0 Å². The zero-order valence-corrected chi connectivity index (χ0v) is 8.09. The zero-order valence-electron chi connectivity index (χ0n) is 4.17. The van der Waals surface area contributed by atoms with E-state index in [1.807, 2.05) is 6.07 Å². The van der Waals surface area contributed by atoms with E-state index in [2.05, 4.69) is 37.0 Å². The summed E-state index contributed by atoms with van der Waals surface area (Å²) in [4.78, 5) is 0. The summed E-state index contributed by atoms with van der Waals surface area (Å²) in [7, 11) is 0. The van der Waals surface area contributed by atoms with Gasteiger partial charge in [-0.1, -0.05) is 0 Å². The van der Waals surface area contributed by atoms with E-state index in [1.54, 1.807) is 0 Å². The molecule has 0 saturated heterocycles. The van der Waals surface area contributed by atoms with Gasteiger partial charge in [-0.05, 0) is 0 Å². The molecule has 0 atom stereocenters. The predicted molar refractivity (Wildman–Crippen MR) is 40.8 cm³/mol. The Morgan fingerprint density at radius 1 is 1.12 bits per heavy atom. The van der Waals surface area contributed by atoms with Crippen LogP contribution in [0.4, 0.5) is 0 Å². The molecule has 0 fully saturated rings. The molecule has 0 aliphatic heterocycles. The molecule has 42 valence electrons. The van der Waals surface area contributed by atoms with Gasteiger partial charge in [0.15, 0.2) is 0 Å². The zero-order chi connectivity index (χ0) is 5.82. The Labute approximate surface area is 65.2 Å². The summed E-state index contributed by atoms with van der Waals surface area (Å²) < 4.78 is 1.46. The molecule has 0 aliphatic carbocycles. The van der Waals surface area contributed by atoms with Gasteiger partial charge in [0.2, 0.25) is 0 Å². The molecule has 0 nitrogen and oxygen atoms in total. The van der Waals surface area contributed by atoms with Crippen molar-refractivity contribution < 1.29 is 0 Å². The summed E-state index contributed by atoms with van der Waals surface area (Å²) in [5.41, 5.74) is 0. The monoisotopic (exact) mass is 286 g/mol. The van der Waals surface area contributed by atoms with Gasteiger partial charge in [-0.3, -0.25) is 0 Å². The molecule has 1 aromatic carbocycles. The van der Waals surface area contributed by atoms with Crippen molar-refractivity contribution in [2.45, 2.75) is 0 Å². The van der Waals surface area contributed by atoms with Crippen molar-refractivity contribution in [1.82, 2.24) is 0 Å². The molecule has 0 bridgehead atoms. The number of benzene rings is 1. The Bertz CT molecular complexity index is 150. The molecule has 8 heavy (non-hydrogen) atoms. The fourth-order valence-corrected chi connectivity index (χ4v) is 2.66. The van der Waals surface area contributed by atoms with Gasteiger partial charge in [0.05, 0.1) is 0 Å². The standard InChI is InChI=1S/C6H5BrTe/c7-8-6-4-2-1-3-5-6/h1-5H. The van der Waals surface area contributed by atoms with E-state index >= 15 is 0 Å². The molecular weight excluding hydrogens is 280 g/mol. The van der Waals surface area contributed by atoms with Crippen LogP contribution in [0.1, 0.15) is 0 Å². The molecule has 0 unspecified atom stereocenters. The van der Waals surface area contributed by atoms with Crippen molar-refractivity contribution in [2.24, 2.45) is 0 Å². The van der Waals surface area contributed by atoms with Gasteiger partial charge >= 0.3 is 65.4 Å². The van der Waals surface area contributed by atoms with Crippen LogP contribution in [-0.4, -0.2) is 18.7 Å². The van der Waals surface area contributed by atoms with Crippen molar-refractivity contribution in [2.75, 3.05) is 0 Å². The Kier molecular flexibility index (Phi) is 2.89. The number of hydrogen-bond acceptors (Lipinski definition) is 0. The van der Waals surface area contributed by atoms with Gasteiger partial charge in [0, 0.05) is 0 Å². The summed E-state index contributed by atoms with van der Waals surface area (Å²) in [5, 5.41) is 0. The fraction of sp³-hybridized carbons (Fsp3) is 0. The van der Waals surface area contributed by atoms with Gasteiger partial charge in [-0.25, -0.2) is 0 Å². The van der Waals surface area contributed by atoms with E-state index in [-0.39, 0.29) is 18.7 Å². The van der Waals surface area contributed by atoms with Crippen molar-refractivity contribution in [3.63, 3.8) is 0 Å². The second-order valence-corrected chi connectivity index (χ2v) is 5.35. The van der Waals surface area contributed by atoms with Crippen LogP contribution in [0.25, 0.3) is 0 Å². The minimum atomic E-state index is -0.0291. The van der Waals surface area contributed by atoms with Gasteiger partial charge in [0.25, 0.3) is 0 Å². The van der Waals surface area contributed by atoms with Crippen LogP contribution >= 0.6 is 12.8 Å². The first-order chi connectivity index (χ1) is 3.93. The van der Waals surface area contributed by atoms with Gasteiger partial charge < -0.3 is 0 Å². The van der Waals surface area contributed by atoms with E-state index < -0.39 is 0 Å². The third kappa shape index (κ3) is 1.78. The molecule has 0 aromatic heterocycles. The van der Waals surface area contributed by atoms with Crippen molar-refractivity contribution in [1.29, 1.82) is 0 Å². The Hall–Kier alpha value is 0.490. The van der Waals surface area contributed by atoms with Crippen molar-refractivity contribution in [3.8, 4) is 0 Å². The third-order valence-electron chi connectivity index (χ3n) is 0.832. The fourth-order valence-electron chi connectivity index (χ4n) is 0.472. The first-order valence-electron chi connectivity index (χ1n) is 2.27. The molecular formula is C6H5BrTe. The first-order valence-corrected chi connectivity index (χ1v) is 8.66. The summed E-state index contributed by atoms with van der Waals surface area (Å²) in [6, 6.07) is 10.5. The molecule has 2 heteroatoms. The second kappa shape index (κ2) is 3.50. The van der Waals surface area contributed by atoms with Crippen molar-refractivity contribution >= 4 is 35.1 Å². The predicted octanol–water partition coefficient (Wildman–Crippen LogP) is 1.33. The van der Waals surface area contributed by atoms with Crippen LogP contribution in [0, 0.1) is 0 Å². The van der Waals surface area contributed by atoms with E-state index in [4.69, 9.17) is 0 Å². The van der Waals surface area contributed by atoms with Crippen molar-refractivity contribution in [3.05, 3.63) is 30.3 Å². The van der Waals surface area contributed by atoms with E-state index in [9.17, 15) is 0 Å². The van der Waals surface area contributed by atoms with Crippen LogP contribution in [-0.2, 0) is 0 Å². The molecule has 0 amide bonds. The van der Waals surface area contributed by atoms with Gasteiger partial charge in [0.1, 0.15) is 0 Å². The molecule has 0 heterocycles. The number of rotatable bonds is 1. The maximum atomic E-state index is 3.49. The molecule has 0 spiro atoms. The molecule has 1 rings (SSSR count). The third-order valence-corrected chi connectivity index (χ3v) is 4.63.